The lowest BCUT2D eigenvalue weighted by atomic mass is 9.85. The molecule has 13 nitrogen and oxygen atoms in total. The molecule has 6 unspecified atom stereocenters. The molecule has 71 heavy (non-hydrogen) atoms. The van der Waals surface area contributed by atoms with Crippen LogP contribution in [0.15, 0.2) is 97.2 Å². The minimum atomic E-state index is -5.14. The molecule has 1 fully saturated rings. The molecule has 14 heteroatoms. The second-order valence-corrected chi connectivity index (χ2v) is 19.7. The summed E-state index contributed by atoms with van der Waals surface area (Å²) in [5, 5.41) is 50.4. The number of ether oxygens (including phenoxy) is 2. The van der Waals surface area contributed by atoms with E-state index < -0.39 is 75.7 Å². The first-order chi connectivity index (χ1) is 34.4. The van der Waals surface area contributed by atoms with Crippen molar-refractivity contribution < 1.29 is 63.1 Å². The van der Waals surface area contributed by atoms with Crippen molar-refractivity contribution in [3.05, 3.63) is 97.2 Å². The van der Waals surface area contributed by atoms with Crippen LogP contribution in [0.1, 0.15) is 194 Å². The number of phosphoric acid groups is 1. The highest BCUT2D eigenvalue weighted by atomic mass is 31.2. The van der Waals surface area contributed by atoms with Crippen LogP contribution in [0.2, 0.25) is 0 Å². The number of hydrogen-bond acceptors (Lipinski definition) is 12. The SMILES string of the molecule is CC/C=C\C/C=C\C/C=C\C/C=C\CCCCCCCCCCCCC(=O)OC(COC(=O)CCCCCCCC/C=C\C/C=C\C/C=C\C/C=C\CC)COP(=O)(O)OC1C(O)C(O)C(O)C(O)C1O. The van der Waals surface area contributed by atoms with Crippen molar-refractivity contribution in [2.45, 2.75) is 236 Å². The first kappa shape index (κ1) is 65.8. The van der Waals surface area contributed by atoms with Gasteiger partial charge >= 0.3 is 19.8 Å². The highest BCUT2D eigenvalue weighted by Gasteiger charge is 2.51. The Morgan fingerprint density at radius 1 is 0.437 bits per heavy atom. The maximum Gasteiger partial charge on any atom is 0.472 e. The molecule has 0 aromatic carbocycles. The molecule has 0 saturated heterocycles. The van der Waals surface area contributed by atoms with Crippen LogP contribution in [0.3, 0.4) is 0 Å². The zero-order valence-electron chi connectivity index (χ0n) is 43.5. The Kier molecular flexibility index (Phi) is 42.1. The monoisotopic (exact) mass is 1020 g/mol. The summed E-state index contributed by atoms with van der Waals surface area (Å²) in [6, 6.07) is 0. The Bertz CT molecular complexity index is 1600. The number of carbonyl (C=O) groups excluding carboxylic acids is 2. The van der Waals surface area contributed by atoms with E-state index in [2.05, 4.69) is 111 Å². The summed E-state index contributed by atoms with van der Waals surface area (Å²) in [7, 11) is -5.14. The number of rotatable bonds is 44. The van der Waals surface area contributed by atoms with Gasteiger partial charge in [-0.3, -0.25) is 18.6 Å². The van der Waals surface area contributed by atoms with Crippen LogP contribution in [0.5, 0.6) is 0 Å². The topological polar surface area (TPSA) is 210 Å². The van der Waals surface area contributed by atoms with Crippen LogP contribution in [0.4, 0.5) is 0 Å². The summed E-state index contributed by atoms with van der Waals surface area (Å²) in [4.78, 5) is 35.9. The molecule has 0 spiro atoms. The van der Waals surface area contributed by atoms with Crippen LogP contribution < -0.4 is 0 Å². The largest absolute Gasteiger partial charge is 0.472 e. The number of aliphatic hydroxyl groups is 5. The second kappa shape index (κ2) is 45.4. The van der Waals surface area contributed by atoms with Crippen LogP contribution in [-0.2, 0) is 32.7 Å². The normalized spacial score (nSPS) is 21.4. The number of unbranched alkanes of at least 4 members (excludes halogenated alkanes) is 16. The molecule has 0 aromatic heterocycles. The van der Waals surface area contributed by atoms with Crippen molar-refractivity contribution in [2.24, 2.45) is 0 Å². The molecule has 0 aliphatic heterocycles. The summed E-state index contributed by atoms with van der Waals surface area (Å²) in [5.41, 5.74) is 0. The van der Waals surface area contributed by atoms with Crippen molar-refractivity contribution in [2.75, 3.05) is 13.2 Å². The Morgan fingerprint density at radius 3 is 1.15 bits per heavy atom. The van der Waals surface area contributed by atoms with E-state index in [1.54, 1.807) is 0 Å². The maximum atomic E-state index is 12.9. The predicted octanol–water partition coefficient (Wildman–Crippen LogP) is 12.2. The van der Waals surface area contributed by atoms with Gasteiger partial charge in [0.25, 0.3) is 0 Å². The number of phosphoric ester groups is 1. The first-order valence-electron chi connectivity index (χ1n) is 27.0. The fourth-order valence-electron chi connectivity index (χ4n) is 7.68. The fraction of sp³-hybridized carbons (Fsp3) is 0.684. The van der Waals surface area contributed by atoms with Gasteiger partial charge in [0.1, 0.15) is 43.2 Å². The number of esters is 2. The molecular formula is C57H95O13P. The molecule has 0 heterocycles. The quantitative estimate of drug-likeness (QED) is 0.0145. The second-order valence-electron chi connectivity index (χ2n) is 18.3. The molecule has 1 aliphatic rings. The summed E-state index contributed by atoms with van der Waals surface area (Å²) in [6.45, 7) is 3.08. The third-order valence-electron chi connectivity index (χ3n) is 11.9. The lowest BCUT2D eigenvalue weighted by Gasteiger charge is -2.41. The third-order valence-corrected chi connectivity index (χ3v) is 12.9. The van der Waals surface area contributed by atoms with Crippen LogP contribution in [0.25, 0.3) is 0 Å². The van der Waals surface area contributed by atoms with E-state index >= 15 is 0 Å². The molecule has 0 aromatic rings. The van der Waals surface area contributed by atoms with Gasteiger partial charge in [0.2, 0.25) is 0 Å². The third kappa shape index (κ3) is 37.2. The number of aliphatic hydroxyl groups excluding tert-OH is 5. The summed E-state index contributed by atoms with van der Waals surface area (Å²) >= 11 is 0. The molecular weight excluding hydrogens is 924 g/mol. The zero-order valence-corrected chi connectivity index (χ0v) is 44.4. The maximum absolute atomic E-state index is 12.9. The molecule has 6 N–H and O–H groups in total. The first-order valence-corrected chi connectivity index (χ1v) is 28.5. The van der Waals surface area contributed by atoms with Crippen molar-refractivity contribution in [3.63, 3.8) is 0 Å². The van der Waals surface area contributed by atoms with Gasteiger partial charge in [0.15, 0.2) is 6.10 Å². The Morgan fingerprint density at radius 2 is 0.761 bits per heavy atom. The fourth-order valence-corrected chi connectivity index (χ4v) is 8.65. The minimum absolute atomic E-state index is 0.0824. The Hall–Kier alpha value is -3.23. The molecule has 6 atom stereocenters. The number of carbonyl (C=O) groups is 2. The van der Waals surface area contributed by atoms with E-state index in [4.69, 9.17) is 18.5 Å². The average Bonchev–Trinajstić information content (AvgIpc) is 3.35. The lowest BCUT2D eigenvalue weighted by molar-refractivity contribution is -0.220. The smallest absolute Gasteiger partial charge is 0.462 e. The van der Waals surface area contributed by atoms with Crippen LogP contribution >= 0.6 is 7.82 Å². The average molecular weight is 1020 g/mol. The van der Waals surface area contributed by atoms with Gasteiger partial charge < -0.3 is 39.9 Å². The molecule has 0 bridgehead atoms. The van der Waals surface area contributed by atoms with Gasteiger partial charge in [-0.05, 0) is 89.9 Å². The highest BCUT2D eigenvalue weighted by Crippen LogP contribution is 2.47. The Balaban J connectivity index is 2.39. The van der Waals surface area contributed by atoms with E-state index in [0.29, 0.717) is 12.8 Å². The van der Waals surface area contributed by atoms with Crippen LogP contribution in [-0.4, -0.2) is 98.3 Å². The van der Waals surface area contributed by atoms with Gasteiger partial charge in [0.05, 0.1) is 6.61 Å². The summed E-state index contributed by atoms with van der Waals surface area (Å²) < 4.78 is 33.7. The van der Waals surface area contributed by atoms with Gasteiger partial charge in [-0.2, -0.15) is 0 Å². The van der Waals surface area contributed by atoms with E-state index in [1.165, 1.54) is 32.1 Å². The van der Waals surface area contributed by atoms with E-state index in [0.717, 1.165) is 122 Å². The number of allylic oxidation sites excluding steroid dienone is 16. The van der Waals surface area contributed by atoms with Gasteiger partial charge in [-0.1, -0.05) is 188 Å². The standard InChI is InChI=1S/C57H95O13P/c1-3-5-7-9-11-13-15-17-19-21-23-24-25-26-28-30-32-34-36-38-40-42-44-46-51(59)69-49(48-68-71(65,66)70-57-55(63)53(61)52(60)54(62)56(57)64)47-67-50(58)45-43-41-39-37-35-33-31-29-27-22-20-18-16-14-12-10-8-6-4-2/h5-8,11-14,17-20,23-24,27,29,49,52-57,60-64H,3-4,9-10,15-16,21-22,25-26,28,30-48H2,1-2H3,(H,65,66)/b7-5-,8-6-,13-11-,14-12-,19-17-,20-18-,24-23-,29-27-. The van der Waals surface area contributed by atoms with Crippen molar-refractivity contribution in [3.8, 4) is 0 Å². The highest BCUT2D eigenvalue weighted by molar-refractivity contribution is 7.47. The van der Waals surface area contributed by atoms with Gasteiger partial charge in [-0.15, -0.1) is 0 Å². The lowest BCUT2D eigenvalue weighted by Crippen LogP contribution is -2.64. The molecule has 1 rings (SSSR count). The molecule has 0 amide bonds. The van der Waals surface area contributed by atoms with Crippen LogP contribution in [0, 0.1) is 0 Å². The van der Waals surface area contributed by atoms with E-state index in [1.807, 2.05) is 0 Å². The van der Waals surface area contributed by atoms with Crippen molar-refractivity contribution in [1.29, 1.82) is 0 Å². The van der Waals surface area contributed by atoms with Gasteiger partial charge in [0, 0.05) is 12.8 Å². The molecule has 1 saturated carbocycles. The summed E-state index contributed by atoms with van der Waals surface area (Å²) in [6.07, 6.45) is 48.7. The molecule has 1 aliphatic carbocycles. The van der Waals surface area contributed by atoms with Crippen molar-refractivity contribution in [1.82, 2.24) is 0 Å². The Labute approximate surface area is 428 Å². The minimum Gasteiger partial charge on any atom is -0.462 e. The zero-order chi connectivity index (χ0) is 52.1. The van der Waals surface area contributed by atoms with Crippen molar-refractivity contribution >= 4 is 19.8 Å². The van der Waals surface area contributed by atoms with Gasteiger partial charge in [-0.25, -0.2) is 4.57 Å². The molecule has 0 radical (unpaired) electrons. The van der Waals surface area contributed by atoms with E-state index in [9.17, 15) is 44.6 Å². The predicted molar refractivity (Wildman–Crippen MR) is 285 cm³/mol. The number of hydrogen-bond donors (Lipinski definition) is 6. The summed E-state index contributed by atoms with van der Waals surface area (Å²) in [5.74, 6) is -1.13. The van der Waals surface area contributed by atoms with E-state index in [-0.39, 0.29) is 12.8 Å². The molecule has 406 valence electrons.